The van der Waals surface area contributed by atoms with Crippen molar-refractivity contribution in [2.45, 2.75) is 53.2 Å². The molecular weight excluding hydrogens is 326 g/mol. The molecule has 0 aliphatic carbocycles. The Labute approximate surface area is 155 Å². The number of nitrogens with one attached hydrogen (secondary N) is 1. The number of aromatic nitrogens is 1. The van der Waals surface area contributed by atoms with Gasteiger partial charge >= 0.3 is 6.09 Å². The van der Waals surface area contributed by atoms with E-state index in [9.17, 15) is 4.79 Å². The molecule has 0 radical (unpaired) electrons. The molecule has 0 aliphatic heterocycles. The first-order valence-electron chi connectivity index (χ1n) is 8.91. The summed E-state index contributed by atoms with van der Waals surface area (Å²) in [7, 11) is 1.75. The molecule has 5 nitrogen and oxygen atoms in total. The van der Waals surface area contributed by atoms with Gasteiger partial charge in [0.25, 0.3) is 0 Å². The molecule has 0 bridgehead atoms. The van der Waals surface area contributed by atoms with Gasteiger partial charge in [-0.2, -0.15) is 0 Å². The highest BCUT2D eigenvalue weighted by atomic mass is 16.6. The molecule has 0 saturated carbocycles. The smallest absolute Gasteiger partial charge is 0.410 e. The van der Waals surface area contributed by atoms with Crippen LogP contribution in [0, 0.1) is 0 Å². The Balaban J connectivity index is 2.35. The first-order chi connectivity index (χ1) is 12.2. The molecule has 0 aliphatic rings. The highest BCUT2D eigenvalue weighted by molar-refractivity contribution is 5.88. The number of hydrogen-bond donors (Lipinski definition) is 1. The van der Waals surface area contributed by atoms with Gasteiger partial charge in [-0.3, -0.25) is 4.99 Å². The average molecular weight is 355 g/mol. The molecule has 1 amide bonds. The van der Waals surface area contributed by atoms with Gasteiger partial charge in [0.15, 0.2) is 0 Å². The van der Waals surface area contributed by atoms with Crippen molar-refractivity contribution in [2.75, 3.05) is 7.05 Å². The van der Waals surface area contributed by atoms with Crippen LogP contribution in [-0.2, 0) is 17.7 Å². The number of allylic oxidation sites excluding steroid dienone is 1. The second-order valence-corrected chi connectivity index (χ2v) is 7.36. The maximum absolute atomic E-state index is 12.3. The van der Waals surface area contributed by atoms with E-state index in [1.165, 1.54) is 10.9 Å². The van der Waals surface area contributed by atoms with Gasteiger partial charge in [0.05, 0.1) is 12.2 Å². The van der Waals surface area contributed by atoms with Crippen molar-refractivity contribution in [2.24, 2.45) is 4.99 Å². The molecule has 1 heterocycles. The summed E-state index contributed by atoms with van der Waals surface area (Å²) in [5.74, 6) is 0. The van der Waals surface area contributed by atoms with Crippen molar-refractivity contribution in [1.29, 1.82) is 0 Å². The first kappa shape index (κ1) is 19.8. The molecule has 2 aromatic rings. The summed E-state index contributed by atoms with van der Waals surface area (Å²) >= 11 is 0. The zero-order valence-electron chi connectivity index (χ0n) is 16.6. The van der Waals surface area contributed by atoms with Crippen LogP contribution in [0.5, 0.6) is 0 Å². The lowest BCUT2D eigenvalue weighted by atomic mass is 10.0. The van der Waals surface area contributed by atoms with Gasteiger partial charge in [-0.1, -0.05) is 25.1 Å². The molecule has 1 aromatic heterocycles. The predicted molar refractivity (Wildman–Crippen MR) is 109 cm³/mol. The van der Waals surface area contributed by atoms with Gasteiger partial charge in [-0.25, -0.2) is 4.79 Å². The van der Waals surface area contributed by atoms with Crippen LogP contribution < -0.4 is 0 Å². The van der Waals surface area contributed by atoms with Crippen LogP contribution in [0.2, 0.25) is 0 Å². The normalized spacial score (nSPS) is 12.3. The van der Waals surface area contributed by atoms with Gasteiger partial charge in [0.2, 0.25) is 0 Å². The molecule has 0 unspecified atom stereocenters. The largest absolute Gasteiger partial charge is 0.444 e. The minimum atomic E-state index is -0.505. The number of H-pyrrole nitrogens is 1. The monoisotopic (exact) mass is 355 g/mol. The third-order valence-electron chi connectivity index (χ3n) is 4.19. The van der Waals surface area contributed by atoms with E-state index in [-0.39, 0.29) is 6.09 Å². The summed E-state index contributed by atoms with van der Waals surface area (Å²) < 4.78 is 5.45. The van der Waals surface area contributed by atoms with Crippen LogP contribution in [0.15, 0.2) is 29.3 Å². The Morgan fingerprint density at radius 1 is 1.38 bits per heavy atom. The summed E-state index contributed by atoms with van der Waals surface area (Å²) in [4.78, 5) is 21.4. The van der Waals surface area contributed by atoms with E-state index >= 15 is 0 Å². The van der Waals surface area contributed by atoms with Crippen LogP contribution in [0.3, 0.4) is 0 Å². The van der Waals surface area contributed by atoms with Crippen molar-refractivity contribution in [3.8, 4) is 0 Å². The van der Waals surface area contributed by atoms with Crippen molar-refractivity contribution in [3.63, 3.8) is 0 Å². The lowest BCUT2D eigenvalue weighted by molar-refractivity contribution is 0.0283. The molecule has 0 spiro atoms. The van der Waals surface area contributed by atoms with Gasteiger partial charge < -0.3 is 14.6 Å². The number of aromatic amines is 1. The number of hydrogen-bond acceptors (Lipinski definition) is 3. The van der Waals surface area contributed by atoms with E-state index in [4.69, 9.17) is 4.74 Å². The minimum absolute atomic E-state index is 0.328. The maximum Gasteiger partial charge on any atom is 0.410 e. The Hall–Kier alpha value is -2.56. The second kappa shape index (κ2) is 7.77. The Bertz CT molecular complexity index is 841. The number of aryl methyl sites for hydroxylation is 1. The molecule has 5 heteroatoms. The number of rotatable bonds is 5. The zero-order chi connectivity index (χ0) is 19.5. The highest BCUT2D eigenvalue weighted by Crippen LogP contribution is 2.28. The van der Waals surface area contributed by atoms with Gasteiger partial charge in [-0.05, 0) is 52.5 Å². The molecule has 1 N–H and O–H groups in total. The highest BCUT2D eigenvalue weighted by Gasteiger charge is 2.21. The molecular formula is C21H29N3O2. The molecule has 2 rings (SSSR count). The van der Waals surface area contributed by atoms with E-state index in [0.717, 1.165) is 28.9 Å². The van der Waals surface area contributed by atoms with Crippen LogP contribution in [0.4, 0.5) is 4.79 Å². The fraction of sp³-hybridized carbons (Fsp3) is 0.429. The summed E-state index contributed by atoms with van der Waals surface area (Å²) in [6, 6.07) is 6.24. The van der Waals surface area contributed by atoms with Crippen molar-refractivity contribution >= 4 is 29.4 Å². The Kier molecular flexibility index (Phi) is 5.90. The number of carbonyl (C=O) groups is 1. The molecule has 1 aromatic carbocycles. The van der Waals surface area contributed by atoms with Crippen molar-refractivity contribution in [1.82, 2.24) is 9.88 Å². The average Bonchev–Trinajstić information content (AvgIpc) is 2.90. The van der Waals surface area contributed by atoms with Crippen LogP contribution in [-0.4, -0.2) is 35.3 Å². The van der Waals surface area contributed by atoms with Crippen LogP contribution in [0.25, 0.3) is 16.6 Å². The Morgan fingerprint density at radius 2 is 2.08 bits per heavy atom. The lowest BCUT2D eigenvalue weighted by Crippen LogP contribution is -2.34. The number of benzene rings is 1. The van der Waals surface area contributed by atoms with E-state index < -0.39 is 5.60 Å². The molecule has 0 fully saturated rings. The SMILES string of the molecule is C=N/C(=C/C)c1ccc2c(CC)c(CN(C)C(=O)OC(C)(C)C)[nH]c2c1. The number of amides is 1. The Morgan fingerprint density at radius 3 is 2.62 bits per heavy atom. The fourth-order valence-electron chi connectivity index (χ4n) is 3.00. The van der Waals surface area contributed by atoms with Gasteiger partial charge in [0, 0.05) is 29.2 Å². The van der Waals surface area contributed by atoms with Crippen LogP contribution in [0.1, 0.15) is 51.4 Å². The van der Waals surface area contributed by atoms with Gasteiger partial charge in [0.1, 0.15) is 5.60 Å². The summed E-state index contributed by atoms with van der Waals surface area (Å²) in [5, 5.41) is 1.17. The van der Waals surface area contributed by atoms with Crippen molar-refractivity contribution < 1.29 is 9.53 Å². The minimum Gasteiger partial charge on any atom is -0.444 e. The predicted octanol–water partition coefficient (Wildman–Crippen LogP) is 5.16. The summed E-state index contributed by atoms with van der Waals surface area (Å²) in [5.41, 5.74) is 4.65. The number of nitrogens with zero attached hydrogens (tertiary/aromatic N) is 2. The maximum atomic E-state index is 12.3. The molecule has 0 atom stereocenters. The van der Waals surface area contributed by atoms with E-state index in [1.54, 1.807) is 11.9 Å². The first-order valence-corrected chi connectivity index (χ1v) is 8.91. The van der Waals surface area contributed by atoms with E-state index in [2.05, 4.69) is 41.8 Å². The van der Waals surface area contributed by atoms with Gasteiger partial charge in [-0.15, -0.1) is 0 Å². The number of aliphatic imine (C=N–C) groups is 1. The standard InChI is InChI=1S/C21H29N3O2/c1-8-15-16-11-10-14(17(9-2)22-6)12-18(16)23-19(15)13-24(7)20(25)26-21(3,4)5/h9-12,23H,6,8,13H2,1-5,7H3/b17-9+. The lowest BCUT2D eigenvalue weighted by Gasteiger charge is -2.24. The molecule has 0 saturated heterocycles. The van der Waals surface area contributed by atoms with E-state index in [1.807, 2.05) is 33.8 Å². The second-order valence-electron chi connectivity index (χ2n) is 7.36. The third kappa shape index (κ3) is 4.34. The van der Waals surface area contributed by atoms with E-state index in [0.29, 0.717) is 6.54 Å². The topological polar surface area (TPSA) is 57.7 Å². The zero-order valence-corrected chi connectivity index (χ0v) is 16.6. The number of fused-ring (bicyclic) bond motifs is 1. The molecule has 26 heavy (non-hydrogen) atoms. The fourth-order valence-corrected chi connectivity index (χ4v) is 3.00. The molecule has 140 valence electrons. The van der Waals surface area contributed by atoms with Crippen molar-refractivity contribution in [3.05, 3.63) is 41.1 Å². The number of carbonyl (C=O) groups excluding carboxylic acids is 1. The summed E-state index contributed by atoms with van der Waals surface area (Å²) in [6.07, 6.45) is 2.49. The third-order valence-corrected chi connectivity index (χ3v) is 4.19. The number of ether oxygens (including phenoxy) is 1. The quantitative estimate of drug-likeness (QED) is 0.753. The van der Waals surface area contributed by atoms with Crippen LogP contribution >= 0.6 is 0 Å². The summed E-state index contributed by atoms with van der Waals surface area (Å²) in [6.45, 7) is 13.8.